The SMILES string of the molecule is Cn1cccc1C(=O)NCc1cnc[nH]1. The number of H-pyrrole nitrogens is 1. The maximum atomic E-state index is 11.7. The number of aryl methyl sites for hydroxylation is 1. The van der Waals surface area contributed by atoms with Gasteiger partial charge in [-0.1, -0.05) is 0 Å². The topological polar surface area (TPSA) is 62.7 Å². The van der Waals surface area contributed by atoms with E-state index >= 15 is 0 Å². The van der Waals surface area contributed by atoms with E-state index < -0.39 is 0 Å². The summed E-state index contributed by atoms with van der Waals surface area (Å²) >= 11 is 0. The van der Waals surface area contributed by atoms with Gasteiger partial charge in [0.2, 0.25) is 0 Å². The number of nitrogens with one attached hydrogen (secondary N) is 2. The van der Waals surface area contributed by atoms with Crippen molar-refractivity contribution >= 4 is 5.91 Å². The molecule has 0 saturated carbocycles. The number of carbonyl (C=O) groups excluding carboxylic acids is 1. The van der Waals surface area contributed by atoms with E-state index in [0.29, 0.717) is 12.2 Å². The first-order valence-corrected chi connectivity index (χ1v) is 4.64. The summed E-state index contributed by atoms with van der Waals surface area (Å²) in [7, 11) is 1.84. The zero-order valence-corrected chi connectivity index (χ0v) is 8.40. The average Bonchev–Trinajstić information content (AvgIpc) is 2.84. The van der Waals surface area contributed by atoms with Crippen LogP contribution in [0.25, 0.3) is 0 Å². The molecule has 0 radical (unpaired) electrons. The molecule has 0 atom stereocenters. The highest BCUT2D eigenvalue weighted by atomic mass is 16.1. The fourth-order valence-electron chi connectivity index (χ4n) is 1.34. The molecule has 2 N–H and O–H groups in total. The molecule has 5 heteroatoms. The molecule has 0 aliphatic carbocycles. The van der Waals surface area contributed by atoms with Gasteiger partial charge >= 0.3 is 0 Å². The van der Waals surface area contributed by atoms with Crippen molar-refractivity contribution in [2.24, 2.45) is 7.05 Å². The number of hydrogen-bond donors (Lipinski definition) is 2. The number of rotatable bonds is 3. The van der Waals surface area contributed by atoms with Gasteiger partial charge < -0.3 is 14.9 Å². The second-order valence-corrected chi connectivity index (χ2v) is 3.26. The van der Waals surface area contributed by atoms with Gasteiger partial charge in [-0.25, -0.2) is 4.98 Å². The summed E-state index contributed by atoms with van der Waals surface area (Å²) in [6.45, 7) is 0.462. The zero-order valence-electron chi connectivity index (χ0n) is 8.40. The maximum Gasteiger partial charge on any atom is 0.268 e. The maximum absolute atomic E-state index is 11.7. The third kappa shape index (κ3) is 2.07. The lowest BCUT2D eigenvalue weighted by Gasteiger charge is -2.04. The van der Waals surface area contributed by atoms with Gasteiger partial charge in [0, 0.05) is 19.4 Å². The summed E-state index contributed by atoms with van der Waals surface area (Å²) in [6.07, 6.45) is 5.11. The number of imidazole rings is 1. The van der Waals surface area contributed by atoms with Gasteiger partial charge in [0.15, 0.2) is 0 Å². The monoisotopic (exact) mass is 204 g/mol. The van der Waals surface area contributed by atoms with Gasteiger partial charge in [-0.2, -0.15) is 0 Å². The van der Waals surface area contributed by atoms with Gasteiger partial charge in [0.05, 0.1) is 18.6 Å². The van der Waals surface area contributed by atoms with Crippen LogP contribution in [0, 0.1) is 0 Å². The molecule has 0 aliphatic heterocycles. The van der Waals surface area contributed by atoms with Crippen molar-refractivity contribution in [3.63, 3.8) is 0 Å². The van der Waals surface area contributed by atoms with Crippen LogP contribution in [0.4, 0.5) is 0 Å². The molecule has 15 heavy (non-hydrogen) atoms. The molecule has 0 spiro atoms. The molecule has 2 heterocycles. The van der Waals surface area contributed by atoms with Crippen molar-refractivity contribution in [3.05, 3.63) is 42.2 Å². The fraction of sp³-hybridized carbons (Fsp3) is 0.200. The van der Waals surface area contributed by atoms with E-state index in [2.05, 4.69) is 15.3 Å². The predicted molar refractivity (Wildman–Crippen MR) is 55.2 cm³/mol. The largest absolute Gasteiger partial charge is 0.347 e. The van der Waals surface area contributed by atoms with E-state index in [0.717, 1.165) is 5.69 Å². The molecule has 0 aromatic carbocycles. The lowest BCUT2D eigenvalue weighted by Crippen LogP contribution is -2.24. The molecule has 0 fully saturated rings. The molecule has 2 aromatic rings. The highest BCUT2D eigenvalue weighted by molar-refractivity contribution is 5.92. The lowest BCUT2D eigenvalue weighted by molar-refractivity contribution is 0.0942. The third-order valence-corrected chi connectivity index (χ3v) is 2.17. The Kier molecular flexibility index (Phi) is 2.53. The van der Waals surface area contributed by atoms with Crippen molar-refractivity contribution < 1.29 is 4.79 Å². The Labute approximate surface area is 87.1 Å². The summed E-state index contributed by atoms with van der Waals surface area (Å²) in [4.78, 5) is 18.4. The van der Waals surface area contributed by atoms with E-state index in [1.807, 2.05) is 19.3 Å². The van der Waals surface area contributed by atoms with Crippen molar-refractivity contribution in [2.75, 3.05) is 0 Å². The number of hydrogen-bond acceptors (Lipinski definition) is 2. The van der Waals surface area contributed by atoms with Gasteiger partial charge in [0.25, 0.3) is 5.91 Å². The van der Waals surface area contributed by atoms with Crippen LogP contribution in [0.1, 0.15) is 16.2 Å². The Balaban J connectivity index is 1.96. The molecule has 2 rings (SSSR count). The molecule has 0 unspecified atom stereocenters. The Morgan fingerprint density at radius 3 is 3.13 bits per heavy atom. The lowest BCUT2D eigenvalue weighted by atomic mass is 10.4. The van der Waals surface area contributed by atoms with Crippen LogP contribution in [-0.2, 0) is 13.6 Å². The summed E-state index contributed by atoms with van der Waals surface area (Å²) in [5.41, 5.74) is 1.53. The number of aromatic nitrogens is 3. The average molecular weight is 204 g/mol. The molecule has 5 nitrogen and oxygen atoms in total. The molecule has 0 bridgehead atoms. The van der Waals surface area contributed by atoms with E-state index in [1.165, 1.54) is 0 Å². The molecule has 2 aromatic heterocycles. The van der Waals surface area contributed by atoms with Crippen LogP contribution in [0.5, 0.6) is 0 Å². The Morgan fingerprint density at radius 1 is 1.67 bits per heavy atom. The molecule has 0 aliphatic rings. The number of amides is 1. The number of nitrogens with zero attached hydrogens (tertiary/aromatic N) is 2. The van der Waals surface area contributed by atoms with E-state index in [4.69, 9.17) is 0 Å². The Morgan fingerprint density at radius 2 is 2.53 bits per heavy atom. The van der Waals surface area contributed by atoms with E-state index in [1.54, 1.807) is 23.2 Å². The molecule has 78 valence electrons. The van der Waals surface area contributed by atoms with Crippen LogP contribution in [0.15, 0.2) is 30.9 Å². The van der Waals surface area contributed by atoms with Gasteiger partial charge in [-0.3, -0.25) is 4.79 Å². The minimum atomic E-state index is -0.0860. The van der Waals surface area contributed by atoms with Crippen LogP contribution < -0.4 is 5.32 Å². The molecule has 1 amide bonds. The minimum absolute atomic E-state index is 0.0860. The summed E-state index contributed by atoms with van der Waals surface area (Å²) in [5, 5.41) is 2.80. The van der Waals surface area contributed by atoms with Crippen molar-refractivity contribution in [1.29, 1.82) is 0 Å². The molecular weight excluding hydrogens is 192 g/mol. The minimum Gasteiger partial charge on any atom is -0.347 e. The first kappa shape index (κ1) is 9.51. The normalized spacial score (nSPS) is 10.2. The number of aromatic amines is 1. The standard InChI is InChI=1S/C10H12N4O/c1-14-4-2-3-9(14)10(15)12-6-8-5-11-7-13-8/h2-5,7H,6H2,1H3,(H,11,13)(H,12,15). The predicted octanol–water partition coefficient (Wildman–Crippen LogP) is 0.678. The fourth-order valence-corrected chi connectivity index (χ4v) is 1.34. The first-order chi connectivity index (χ1) is 7.27. The second kappa shape index (κ2) is 4.00. The van der Waals surface area contributed by atoms with Gasteiger partial charge in [-0.05, 0) is 12.1 Å². The number of carbonyl (C=O) groups is 1. The van der Waals surface area contributed by atoms with Crippen molar-refractivity contribution in [3.8, 4) is 0 Å². The Bertz CT molecular complexity index is 444. The van der Waals surface area contributed by atoms with Gasteiger partial charge in [-0.15, -0.1) is 0 Å². The second-order valence-electron chi connectivity index (χ2n) is 3.26. The highest BCUT2D eigenvalue weighted by Crippen LogP contribution is 1.99. The van der Waals surface area contributed by atoms with Crippen LogP contribution in [0.3, 0.4) is 0 Å². The summed E-state index contributed by atoms with van der Waals surface area (Å²) in [6, 6.07) is 3.62. The quantitative estimate of drug-likeness (QED) is 0.772. The van der Waals surface area contributed by atoms with E-state index in [-0.39, 0.29) is 5.91 Å². The van der Waals surface area contributed by atoms with E-state index in [9.17, 15) is 4.79 Å². The highest BCUT2D eigenvalue weighted by Gasteiger charge is 2.07. The van der Waals surface area contributed by atoms with Crippen molar-refractivity contribution in [1.82, 2.24) is 19.9 Å². The first-order valence-electron chi connectivity index (χ1n) is 4.64. The summed E-state index contributed by atoms with van der Waals surface area (Å²) in [5.74, 6) is -0.0860. The summed E-state index contributed by atoms with van der Waals surface area (Å²) < 4.78 is 1.78. The van der Waals surface area contributed by atoms with Crippen LogP contribution in [0.2, 0.25) is 0 Å². The smallest absolute Gasteiger partial charge is 0.268 e. The van der Waals surface area contributed by atoms with Crippen LogP contribution in [-0.4, -0.2) is 20.4 Å². The molecule has 0 saturated heterocycles. The third-order valence-electron chi connectivity index (χ3n) is 2.17. The molecular formula is C10H12N4O. The van der Waals surface area contributed by atoms with Crippen molar-refractivity contribution in [2.45, 2.75) is 6.54 Å². The zero-order chi connectivity index (χ0) is 10.7. The van der Waals surface area contributed by atoms with Crippen LogP contribution >= 0.6 is 0 Å². The van der Waals surface area contributed by atoms with Gasteiger partial charge in [0.1, 0.15) is 5.69 Å². The Hall–Kier alpha value is -2.04.